The largest absolute Gasteiger partial charge is 0.490 e. The van der Waals surface area contributed by atoms with Crippen molar-refractivity contribution in [3.8, 4) is 5.75 Å². The van der Waals surface area contributed by atoms with Crippen LogP contribution in [0.2, 0.25) is 0 Å². The van der Waals surface area contributed by atoms with Crippen LogP contribution in [0, 0.1) is 0 Å². The molecule has 0 heterocycles. The van der Waals surface area contributed by atoms with Gasteiger partial charge in [0.25, 0.3) is 9.05 Å². The first-order chi connectivity index (χ1) is 7.34. The average molecular weight is 328 g/mol. The van der Waals surface area contributed by atoms with Crippen molar-refractivity contribution in [3.63, 3.8) is 0 Å². The van der Waals surface area contributed by atoms with Gasteiger partial charge in [-0.2, -0.15) is 0 Å². The van der Waals surface area contributed by atoms with Gasteiger partial charge in [0.15, 0.2) is 0 Å². The molecule has 0 N–H and O–H groups in total. The van der Waals surface area contributed by atoms with Gasteiger partial charge in [-0.25, -0.2) is 8.42 Å². The van der Waals surface area contributed by atoms with Gasteiger partial charge in [-0.1, -0.05) is 6.92 Å². The summed E-state index contributed by atoms with van der Waals surface area (Å²) in [7, 11) is 1.54. The summed E-state index contributed by atoms with van der Waals surface area (Å²) in [6.45, 7) is 3.95. The molecule has 0 saturated carbocycles. The van der Waals surface area contributed by atoms with Crippen molar-refractivity contribution in [2.75, 3.05) is 0 Å². The van der Waals surface area contributed by atoms with Crippen molar-refractivity contribution in [2.45, 2.75) is 31.3 Å². The van der Waals surface area contributed by atoms with Crippen LogP contribution >= 0.6 is 26.6 Å². The summed E-state index contributed by atoms with van der Waals surface area (Å²) in [4.78, 5) is 0.0533. The Morgan fingerprint density at radius 2 is 2.12 bits per heavy atom. The summed E-state index contributed by atoms with van der Waals surface area (Å²) in [6.07, 6.45) is 0.955. The lowest BCUT2D eigenvalue weighted by Gasteiger charge is -2.14. The van der Waals surface area contributed by atoms with E-state index >= 15 is 0 Å². The summed E-state index contributed by atoms with van der Waals surface area (Å²) in [5, 5.41) is 0. The maximum absolute atomic E-state index is 11.1. The third-order valence-corrected chi connectivity index (χ3v) is 4.06. The van der Waals surface area contributed by atoms with E-state index in [1.165, 1.54) is 12.1 Å². The minimum Gasteiger partial charge on any atom is -0.490 e. The van der Waals surface area contributed by atoms with E-state index < -0.39 is 9.05 Å². The van der Waals surface area contributed by atoms with Gasteiger partial charge in [0.2, 0.25) is 0 Å². The van der Waals surface area contributed by atoms with Gasteiger partial charge in [0, 0.05) is 10.7 Å². The molecule has 1 rings (SSSR count). The van der Waals surface area contributed by atoms with E-state index in [2.05, 4.69) is 15.9 Å². The third-order valence-electron chi connectivity index (χ3n) is 2.09. The zero-order chi connectivity index (χ0) is 12.3. The highest BCUT2D eigenvalue weighted by Crippen LogP contribution is 2.30. The lowest BCUT2D eigenvalue weighted by atomic mass is 10.3. The minimum atomic E-state index is -3.69. The highest BCUT2D eigenvalue weighted by molar-refractivity contribution is 9.10. The molecular weight excluding hydrogens is 316 g/mol. The van der Waals surface area contributed by atoms with Crippen LogP contribution < -0.4 is 4.74 Å². The summed E-state index contributed by atoms with van der Waals surface area (Å²) >= 11 is 3.25. The van der Waals surface area contributed by atoms with Crippen LogP contribution in [0.4, 0.5) is 0 Å². The van der Waals surface area contributed by atoms with E-state index in [0.29, 0.717) is 10.2 Å². The Morgan fingerprint density at radius 3 is 2.56 bits per heavy atom. The van der Waals surface area contributed by atoms with Crippen LogP contribution in [-0.2, 0) is 9.05 Å². The van der Waals surface area contributed by atoms with Crippen LogP contribution in [0.15, 0.2) is 27.6 Å². The molecule has 0 aromatic heterocycles. The van der Waals surface area contributed by atoms with Crippen molar-refractivity contribution >= 4 is 35.7 Å². The van der Waals surface area contributed by atoms with Crippen LogP contribution in [0.1, 0.15) is 20.3 Å². The molecule has 6 heteroatoms. The van der Waals surface area contributed by atoms with Crippen LogP contribution in [0.5, 0.6) is 5.75 Å². The van der Waals surface area contributed by atoms with Gasteiger partial charge in [-0.05, 0) is 47.5 Å². The van der Waals surface area contributed by atoms with Gasteiger partial charge in [0.1, 0.15) is 5.75 Å². The molecule has 0 saturated heterocycles. The van der Waals surface area contributed by atoms with E-state index in [9.17, 15) is 8.42 Å². The Labute approximate surface area is 108 Å². The van der Waals surface area contributed by atoms with Crippen molar-refractivity contribution in [1.82, 2.24) is 0 Å². The number of halogens is 2. The Morgan fingerprint density at radius 1 is 1.50 bits per heavy atom. The summed E-state index contributed by atoms with van der Waals surface area (Å²) in [6, 6.07) is 4.44. The second-order valence-corrected chi connectivity index (χ2v) is 6.79. The summed E-state index contributed by atoms with van der Waals surface area (Å²) in [5.41, 5.74) is 0. The Kier molecular flexibility index (Phi) is 4.64. The molecule has 0 amide bonds. The molecule has 0 bridgehead atoms. The molecular formula is C10H12BrClO3S. The molecule has 3 nitrogen and oxygen atoms in total. The predicted octanol–water partition coefficient (Wildman–Crippen LogP) is 3.55. The SMILES string of the molecule is CCC(C)Oc1ccc(S(=O)(=O)Cl)cc1Br. The topological polar surface area (TPSA) is 43.4 Å². The van der Waals surface area contributed by atoms with Crippen molar-refractivity contribution in [1.29, 1.82) is 0 Å². The lowest BCUT2D eigenvalue weighted by Crippen LogP contribution is -2.10. The van der Waals surface area contributed by atoms with E-state index in [-0.39, 0.29) is 11.0 Å². The van der Waals surface area contributed by atoms with Crippen LogP contribution in [0.3, 0.4) is 0 Å². The Bertz CT molecular complexity index is 473. The fourth-order valence-corrected chi connectivity index (χ4v) is 2.43. The van der Waals surface area contributed by atoms with Crippen molar-refractivity contribution < 1.29 is 13.2 Å². The first kappa shape index (κ1) is 13.8. The van der Waals surface area contributed by atoms with Crippen LogP contribution in [-0.4, -0.2) is 14.5 Å². The number of rotatable bonds is 4. The number of ether oxygens (including phenoxy) is 1. The van der Waals surface area contributed by atoms with Crippen molar-refractivity contribution in [2.24, 2.45) is 0 Å². The molecule has 0 radical (unpaired) electrons. The van der Waals surface area contributed by atoms with Crippen molar-refractivity contribution in [3.05, 3.63) is 22.7 Å². The minimum absolute atomic E-state index is 0.0533. The number of hydrogen-bond acceptors (Lipinski definition) is 3. The van der Waals surface area contributed by atoms with Gasteiger partial charge in [-0.3, -0.25) is 0 Å². The summed E-state index contributed by atoms with van der Waals surface area (Å²) in [5.74, 6) is 0.610. The zero-order valence-corrected chi connectivity index (χ0v) is 12.1. The van der Waals surface area contributed by atoms with Gasteiger partial charge in [-0.15, -0.1) is 0 Å². The molecule has 0 fully saturated rings. The molecule has 0 aliphatic rings. The molecule has 90 valence electrons. The smallest absolute Gasteiger partial charge is 0.261 e. The van der Waals surface area contributed by atoms with Gasteiger partial charge < -0.3 is 4.74 Å². The first-order valence-corrected chi connectivity index (χ1v) is 7.85. The van der Waals surface area contributed by atoms with Crippen LogP contribution in [0.25, 0.3) is 0 Å². The number of hydrogen-bond donors (Lipinski definition) is 0. The monoisotopic (exact) mass is 326 g/mol. The molecule has 1 unspecified atom stereocenters. The zero-order valence-electron chi connectivity index (χ0n) is 8.91. The highest BCUT2D eigenvalue weighted by Gasteiger charge is 2.13. The molecule has 1 atom stereocenters. The predicted molar refractivity (Wildman–Crippen MR) is 67.6 cm³/mol. The van der Waals surface area contributed by atoms with E-state index in [1.807, 2.05) is 13.8 Å². The maximum atomic E-state index is 11.1. The second-order valence-electron chi connectivity index (χ2n) is 3.37. The Balaban J connectivity index is 3.01. The van der Waals surface area contributed by atoms with Gasteiger partial charge in [0.05, 0.1) is 15.5 Å². The van der Waals surface area contributed by atoms with E-state index in [4.69, 9.17) is 15.4 Å². The normalized spacial score (nSPS) is 13.5. The standard InChI is InChI=1S/C10H12BrClO3S/c1-3-7(2)15-10-5-4-8(6-9(10)11)16(12,13)14/h4-7H,3H2,1-2H3. The lowest BCUT2D eigenvalue weighted by molar-refractivity contribution is 0.216. The third kappa shape index (κ3) is 3.64. The molecule has 0 aliphatic carbocycles. The quantitative estimate of drug-likeness (QED) is 0.794. The fourth-order valence-electron chi connectivity index (χ4n) is 1.03. The molecule has 16 heavy (non-hydrogen) atoms. The fraction of sp³-hybridized carbons (Fsp3) is 0.400. The number of benzene rings is 1. The molecule has 1 aromatic rings. The molecule has 1 aromatic carbocycles. The summed E-state index contributed by atoms with van der Waals surface area (Å²) < 4.78 is 28.3. The first-order valence-electron chi connectivity index (χ1n) is 4.75. The molecule has 0 aliphatic heterocycles. The Hall–Kier alpha value is -0.260. The van der Waals surface area contributed by atoms with E-state index in [0.717, 1.165) is 6.42 Å². The second kappa shape index (κ2) is 5.38. The van der Waals surface area contributed by atoms with Gasteiger partial charge >= 0.3 is 0 Å². The highest BCUT2D eigenvalue weighted by atomic mass is 79.9. The average Bonchev–Trinajstić information content (AvgIpc) is 2.19. The molecule has 0 spiro atoms. The maximum Gasteiger partial charge on any atom is 0.261 e. The van der Waals surface area contributed by atoms with E-state index in [1.54, 1.807) is 6.07 Å².